The Morgan fingerprint density at radius 1 is 1.50 bits per heavy atom. The predicted molar refractivity (Wildman–Crippen MR) is 63.1 cm³/mol. The van der Waals surface area contributed by atoms with Gasteiger partial charge in [0, 0.05) is 11.8 Å². The van der Waals surface area contributed by atoms with Crippen molar-refractivity contribution < 1.29 is 9.84 Å². The van der Waals surface area contributed by atoms with Crippen molar-refractivity contribution in [3.05, 3.63) is 12.2 Å². The number of hydrogen-bond donors (Lipinski definition) is 1. The topological polar surface area (TPSA) is 29.5 Å². The van der Waals surface area contributed by atoms with Crippen LogP contribution in [-0.4, -0.2) is 22.9 Å². The Kier molecular flexibility index (Phi) is 2.10. The van der Waals surface area contributed by atoms with Crippen LogP contribution in [0, 0.1) is 11.3 Å². The summed E-state index contributed by atoms with van der Waals surface area (Å²) >= 11 is 0. The van der Waals surface area contributed by atoms with E-state index in [1.807, 2.05) is 0 Å². The van der Waals surface area contributed by atoms with E-state index < -0.39 is 0 Å². The molecule has 3 fully saturated rings. The van der Waals surface area contributed by atoms with Crippen molar-refractivity contribution in [1.29, 1.82) is 0 Å². The molecule has 2 saturated heterocycles. The largest absolute Gasteiger partial charge is 0.392 e. The predicted octanol–water partition coefficient (Wildman–Crippen LogP) is 2.66. The van der Waals surface area contributed by atoms with Gasteiger partial charge in [0.05, 0.1) is 17.8 Å². The Labute approximate surface area is 97.7 Å². The maximum Gasteiger partial charge on any atom is 0.0808 e. The van der Waals surface area contributed by atoms with Crippen LogP contribution in [-0.2, 0) is 4.74 Å². The standard InChI is InChI=1S/C14H22O2/c1-9-6-12(15)13(3)5-4-11-10(2)8-14(13,7-9)16-11/h9,11-12,15H,2,4-8H2,1,3H3/t9?,11-,12+,13+,14-/m1/s1. The molecule has 1 aliphatic carbocycles. The summed E-state index contributed by atoms with van der Waals surface area (Å²) in [4.78, 5) is 0. The molecule has 0 aromatic heterocycles. The summed E-state index contributed by atoms with van der Waals surface area (Å²) in [5.74, 6) is 0.563. The fraction of sp³-hybridized carbons (Fsp3) is 0.857. The normalized spacial score (nSPS) is 56.2. The van der Waals surface area contributed by atoms with Gasteiger partial charge in [0.15, 0.2) is 0 Å². The molecule has 0 aromatic rings. The van der Waals surface area contributed by atoms with E-state index in [1.54, 1.807) is 0 Å². The van der Waals surface area contributed by atoms with Gasteiger partial charge in [-0.1, -0.05) is 20.4 Å². The lowest BCUT2D eigenvalue weighted by Gasteiger charge is -2.56. The van der Waals surface area contributed by atoms with Crippen molar-refractivity contribution in [3.63, 3.8) is 0 Å². The average Bonchev–Trinajstić information content (AvgIpc) is 2.45. The summed E-state index contributed by atoms with van der Waals surface area (Å²) in [6.45, 7) is 8.61. The summed E-state index contributed by atoms with van der Waals surface area (Å²) in [5.41, 5.74) is 1.10. The first-order valence-corrected chi connectivity index (χ1v) is 6.50. The van der Waals surface area contributed by atoms with Gasteiger partial charge >= 0.3 is 0 Å². The molecule has 2 bridgehead atoms. The van der Waals surface area contributed by atoms with Crippen molar-refractivity contribution in [2.45, 2.75) is 63.8 Å². The van der Waals surface area contributed by atoms with Crippen molar-refractivity contribution in [2.24, 2.45) is 11.3 Å². The van der Waals surface area contributed by atoms with Crippen LogP contribution in [0.4, 0.5) is 0 Å². The minimum absolute atomic E-state index is 0.0462. The van der Waals surface area contributed by atoms with E-state index >= 15 is 0 Å². The number of rotatable bonds is 0. The van der Waals surface area contributed by atoms with Gasteiger partial charge in [-0.05, 0) is 37.2 Å². The smallest absolute Gasteiger partial charge is 0.0808 e. The van der Waals surface area contributed by atoms with Gasteiger partial charge in [-0.2, -0.15) is 0 Å². The molecule has 0 radical (unpaired) electrons. The van der Waals surface area contributed by atoms with Crippen molar-refractivity contribution >= 4 is 0 Å². The minimum Gasteiger partial charge on any atom is -0.392 e. The Hall–Kier alpha value is -0.340. The zero-order valence-corrected chi connectivity index (χ0v) is 10.3. The molecule has 90 valence electrons. The lowest BCUT2D eigenvalue weighted by atomic mass is 9.57. The summed E-state index contributed by atoms with van der Waals surface area (Å²) in [7, 11) is 0. The highest BCUT2D eigenvalue weighted by Crippen LogP contribution is 2.61. The number of hydrogen-bond acceptors (Lipinski definition) is 2. The molecule has 3 aliphatic rings. The highest BCUT2D eigenvalue weighted by atomic mass is 16.5. The van der Waals surface area contributed by atoms with E-state index in [2.05, 4.69) is 20.4 Å². The van der Waals surface area contributed by atoms with Gasteiger partial charge in [0.2, 0.25) is 0 Å². The van der Waals surface area contributed by atoms with E-state index in [1.165, 1.54) is 5.57 Å². The van der Waals surface area contributed by atoms with Gasteiger partial charge in [-0.3, -0.25) is 0 Å². The third-order valence-electron chi connectivity index (χ3n) is 5.34. The summed E-state index contributed by atoms with van der Waals surface area (Å²) in [6, 6.07) is 0. The molecule has 1 saturated carbocycles. The zero-order chi connectivity index (χ0) is 11.6. The molecule has 2 nitrogen and oxygen atoms in total. The first-order chi connectivity index (χ1) is 7.47. The van der Waals surface area contributed by atoms with Gasteiger partial charge in [-0.15, -0.1) is 0 Å². The molecular weight excluding hydrogens is 200 g/mol. The van der Waals surface area contributed by atoms with Crippen LogP contribution < -0.4 is 0 Å². The fourth-order valence-corrected chi connectivity index (χ4v) is 4.25. The first-order valence-electron chi connectivity index (χ1n) is 6.50. The Morgan fingerprint density at radius 3 is 3.00 bits per heavy atom. The van der Waals surface area contributed by atoms with Crippen LogP contribution in [0.2, 0.25) is 0 Å². The molecule has 2 heterocycles. The molecule has 1 unspecified atom stereocenters. The van der Waals surface area contributed by atoms with Crippen LogP contribution in [0.15, 0.2) is 12.2 Å². The molecule has 1 spiro atoms. The molecule has 2 heteroatoms. The van der Waals surface area contributed by atoms with Crippen LogP contribution >= 0.6 is 0 Å². The Morgan fingerprint density at radius 2 is 2.25 bits per heavy atom. The average molecular weight is 222 g/mol. The van der Waals surface area contributed by atoms with Crippen LogP contribution in [0.3, 0.4) is 0 Å². The van der Waals surface area contributed by atoms with Crippen LogP contribution in [0.5, 0.6) is 0 Å². The van der Waals surface area contributed by atoms with Crippen molar-refractivity contribution in [1.82, 2.24) is 0 Å². The van der Waals surface area contributed by atoms with E-state index in [0.29, 0.717) is 5.92 Å². The van der Waals surface area contributed by atoms with E-state index in [0.717, 1.165) is 32.1 Å². The second kappa shape index (κ2) is 3.11. The number of fused-ring (bicyclic) bond motifs is 1. The third kappa shape index (κ3) is 1.15. The van der Waals surface area contributed by atoms with E-state index in [4.69, 9.17) is 4.74 Å². The highest BCUT2D eigenvalue weighted by molar-refractivity contribution is 5.24. The molecule has 1 N–H and O–H groups in total. The molecular formula is C14H22O2. The number of aliphatic hydroxyl groups is 1. The van der Waals surface area contributed by atoms with Gasteiger partial charge < -0.3 is 9.84 Å². The second-order valence-corrected chi connectivity index (χ2v) is 6.45. The Bertz CT molecular complexity index is 338. The first kappa shape index (κ1) is 10.8. The second-order valence-electron chi connectivity index (χ2n) is 6.45. The number of ether oxygens (including phenoxy) is 1. The third-order valence-corrected chi connectivity index (χ3v) is 5.34. The van der Waals surface area contributed by atoms with Crippen LogP contribution in [0.25, 0.3) is 0 Å². The van der Waals surface area contributed by atoms with Crippen LogP contribution in [0.1, 0.15) is 46.0 Å². The number of aliphatic hydroxyl groups excluding tert-OH is 1. The molecule has 0 amide bonds. The quantitative estimate of drug-likeness (QED) is 0.638. The molecule has 5 atom stereocenters. The van der Waals surface area contributed by atoms with Crippen molar-refractivity contribution in [3.8, 4) is 0 Å². The maximum absolute atomic E-state index is 10.4. The Balaban J connectivity index is 2.03. The lowest BCUT2D eigenvalue weighted by molar-refractivity contribution is -0.225. The SMILES string of the molecule is C=C1C[C@]23CC(C)C[C@H](O)[C@]2(C)CC[C@H]1O3. The molecule has 0 aromatic carbocycles. The molecule has 2 aliphatic heterocycles. The van der Waals surface area contributed by atoms with Gasteiger partial charge in [0.1, 0.15) is 0 Å². The summed E-state index contributed by atoms with van der Waals surface area (Å²) in [6.07, 6.45) is 5.19. The maximum atomic E-state index is 10.4. The molecule has 16 heavy (non-hydrogen) atoms. The van der Waals surface area contributed by atoms with Crippen molar-refractivity contribution in [2.75, 3.05) is 0 Å². The van der Waals surface area contributed by atoms with Gasteiger partial charge in [0.25, 0.3) is 0 Å². The fourth-order valence-electron chi connectivity index (χ4n) is 4.25. The molecule has 3 rings (SSSR count). The minimum atomic E-state index is -0.205. The summed E-state index contributed by atoms with van der Waals surface area (Å²) in [5, 5.41) is 10.4. The summed E-state index contributed by atoms with van der Waals surface area (Å²) < 4.78 is 6.29. The highest BCUT2D eigenvalue weighted by Gasteiger charge is 2.63. The van der Waals surface area contributed by atoms with E-state index in [9.17, 15) is 5.11 Å². The lowest BCUT2D eigenvalue weighted by Crippen LogP contribution is -2.59. The monoisotopic (exact) mass is 222 g/mol. The van der Waals surface area contributed by atoms with E-state index in [-0.39, 0.29) is 23.2 Å². The van der Waals surface area contributed by atoms with Gasteiger partial charge in [-0.25, -0.2) is 0 Å². The zero-order valence-electron chi connectivity index (χ0n) is 10.3.